The first-order chi connectivity index (χ1) is 11.3. The molecule has 0 aliphatic carbocycles. The molecule has 0 bridgehead atoms. The fraction of sp³-hybridized carbons (Fsp3) is 0.100. The summed E-state index contributed by atoms with van der Waals surface area (Å²) < 4.78 is 0. The lowest BCUT2D eigenvalue weighted by Gasteiger charge is -2.24. The average molecular weight is 337 g/mol. The summed E-state index contributed by atoms with van der Waals surface area (Å²) in [5.74, 6) is 0. The van der Waals surface area contributed by atoms with Crippen LogP contribution in [0.25, 0.3) is 0 Å². The van der Waals surface area contributed by atoms with Crippen LogP contribution < -0.4 is 15.7 Å². The van der Waals surface area contributed by atoms with Gasteiger partial charge in [0.15, 0.2) is 0 Å². The van der Waals surface area contributed by atoms with Crippen molar-refractivity contribution in [2.75, 3.05) is 6.54 Å². The van der Waals surface area contributed by atoms with Crippen molar-refractivity contribution in [1.29, 1.82) is 0 Å². The second-order valence-electron chi connectivity index (χ2n) is 5.42. The Morgan fingerprint density at radius 2 is 1.09 bits per heavy atom. The smallest absolute Gasteiger partial charge is 0.0684 e. The van der Waals surface area contributed by atoms with E-state index in [1.54, 1.807) is 0 Å². The first-order valence-electron chi connectivity index (χ1n) is 7.79. The summed E-state index contributed by atoms with van der Waals surface area (Å²) in [6, 6.07) is 31.5. The fourth-order valence-electron chi connectivity index (χ4n) is 2.61. The minimum absolute atomic E-state index is 0.880. The van der Waals surface area contributed by atoms with Gasteiger partial charge in [0.25, 0.3) is 0 Å². The van der Waals surface area contributed by atoms with Crippen molar-refractivity contribution in [2.24, 2.45) is 0 Å². The molecule has 23 heavy (non-hydrogen) atoms. The first kappa shape index (κ1) is 16.1. The summed E-state index contributed by atoms with van der Waals surface area (Å²) in [5, 5.41) is 6.14. The Labute approximate surface area is 143 Å². The third-order valence-corrected chi connectivity index (χ3v) is 8.20. The maximum Gasteiger partial charge on any atom is 0.0684 e. The van der Waals surface area contributed by atoms with Gasteiger partial charge in [0.1, 0.15) is 0 Å². The van der Waals surface area contributed by atoms with E-state index in [0.29, 0.717) is 0 Å². The molecule has 3 heteroatoms. The quantitative estimate of drug-likeness (QED) is 0.686. The number of benzene rings is 3. The predicted molar refractivity (Wildman–Crippen MR) is 105 cm³/mol. The van der Waals surface area contributed by atoms with E-state index in [-0.39, 0.29) is 0 Å². The molecule has 0 saturated carbocycles. The summed E-state index contributed by atoms with van der Waals surface area (Å²) in [6.45, 7) is 0.880. The van der Waals surface area contributed by atoms with Gasteiger partial charge in [-0.1, -0.05) is 103 Å². The van der Waals surface area contributed by atoms with Crippen LogP contribution in [0.2, 0.25) is 0 Å². The molecule has 0 amide bonds. The van der Waals surface area contributed by atoms with Gasteiger partial charge in [-0.3, -0.25) is 5.09 Å². The zero-order valence-electron chi connectivity index (χ0n) is 12.9. The topological polar surface area (TPSA) is 12.0 Å². The molecule has 0 spiro atoms. The van der Waals surface area contributed by atoms with Crippen molar-refractivity contribution in [3.05, 3.63) is 96.6 Å². The minimum Gasteiger partial charge on any atom is -0.281 e. The molecule has 0 unspecified atom stereocenters. The average Bonchev–Trinajstić information content (AvgIpc) is 2.64. The zero-order valence-corrected chi connectivity index (χ0v) is 14.6. The van der Waals surface area contributed by atoms with E-state index < -0.39 is 6.19 Å². The molecule has 0 heterocycles. The van der Waals surface area contributed by atoms with Crippen LogP contribution >= 0.6 is 6.19 Å². The number of hydrogen-bond acceptors (Lipinski definition) is 1. The van der Waals surface area contributed by atoms with Crippen molar-refractivity contribution in [2.45, 2.75) is 6.42 Å². The van der Waals surface area contributed by atoms with Crippen LogP contribution in [0.4, 0.5) is 0 Å². The predicted octanol–water partition coefficient (Wildman–Crippen LogP) is 3.86. The van der Waals surface area contributed by atoms with E-state index in [1.165, 1.54) is 16.2 Å². The van der Waals surface area contributed by atoms with Crippen molar-refractivity contribution in [3.8, 4) is 0 Å². The van der Waals surface area contributed by atoms with Crippen LogP contribution in [0, 0.1) is 0 Å². The molecular weight excluding hydrogens is 317 g/mol. The molecule has 0 atom stereocenters. The Morgan fingerprint density at radius 1 is 0.652 bits per heavy atom. The normalized spacial score (nSPS) is 11.3. The molecule has 116 valence electrons. The van der Waals surface area contributed by atoms with Crippen molar-refractivity contribution in [1.82, 2.24) is 5.09 Å². The molecule has 3 aromatic rings. The van der Waals surface area contributed by atoms with Gasteiger partial charge >= 0.3 is 0 Å². The Kier molecular flexibility index (Phi) is 5.40. The van der Waals surface area contributed by atoms with Crippen LogP contribution in [0.1, 0.15) is 5.56 Å². The highest BCUT2D eigenvalue weighted by molar-refractivity contribution is 8.20. The lowest BCUT2D eigenvalue weighted by molar-refractivity contribution is 0.901. The minimum atomic E-state index is -1.98. The second-order valence-corrected chi connectivity index (χ2v) is 9.63. The van der Waals surface area contributed by atoms with Crippen LogP contribution in [-0.2, 0) is 18.2 Å². The maximum atomic E-state index is 6.15. The van der Waals surface area contributed by atoms with Crippen LogP contribution in [0.3, 0.4) is 0 Å². The largest absolute Gasteiger partial charge is 0.281 e. The Morgan fingerprint density at radius 3 is 1.57 bits per heavy atom. The van der Waals surface area contributed by atoms with Gasteiger partial charge in [0, 0.05) is 17.2 Å². The monoisotopic (exact) mass is 337 g/mol. The standard InChI is InChI=1S/C20H20NPS/c23-22(19-12-6-2-7-13-19,20-14-8-3-9-15-20)21-17-16-18-10-4-1-5-11-18/h1-15H,16-17H2,(H,21,23). The molecule has 0 fully saturated rings. The van der Waals surface area contributed by atoms with E-state index in [2.05, 4.69) is 84.0 Å². The first-order valence-corrected chi connectivity index (χ1v) is 10.6. The number of nitrogens with one attached hydrogen (secondary N) is 1. The maximum absolute atomic E-state index is 6.15. The van der Waals surface area contributed by atoms with Gasteiger partial charge in [0.2, 0.25) is 0 Å². The van der Waals surface area contributed by atoms with Gasteiger partial charge in [-0.15, -0.1) is 0 Å². The third-order valence-electron chi connectivity index (χ3n) is 3.83. The van der Waals surface area contributed by atoms with Gasteiger partial charge < -0.3 is 0 Å². The number of rotatable bonds is 6. The second kappa shape index (κ2) is 7.70. The Balaban J connectivity index is 1.83. The van der Waals surface area contributed by atoms with Gasteiger partial charge in [-0.25, -0.2) is 0 Å². The van der Waals surface area contributed by atoms with Gasteiger partial charge in [-0.05, 0) is 12.0 Å². The molecule has 1 N–H and O–H groups in total. The molecule has 0 aromatic heterocycles. The summed E-state index contributed by atoms with van der Waals surface area (Å²) in [6.07, 6.45) is -0.993. The third kappa shape index (κ3) is 3.97. The van der Waals surface area contributed by atoms with E-state index in [4.69, 9.17) is 11.8 Å². The lowest BCUT2D eigenvalue weighted by Crippen LogP contribution is -2.28. The zero-order chi connectivity index (χ0) is 16.0. The van der Waals surface area contributed by atoms with Gasteiger partial charge in [-0.2, -0.15) is 0 Å². The molecule has 1 nitrogen and oxygen atoms in total. The summed E-state index contributed by atoms with van der Waals surface area (Å²) in [5.41, 5.74) is 1.34. The SMILES string of the molecule is S=P(NCCc1ccccc1)(c1ccccc1)c1ccccc1. The highest BCUT2D eigenvalue weighted by Crippen LogP contribution is 2.38. The van der Waals surface area contributed by atoms with Crippen LogP contribution in [0.5, 0.6) is 0 Å². The summed E-state index contributed by atoms with van der Waals surface area (Å²) in [7, 11) is 0. The van der Waals surface area contributed by atoms with Crippen molar-refractivity contribution < 1.29 is 0 Å². The summed E-state index contributed by atoms with van der Waals surface area (Å²) in [4.78, 5) is 0. The Hall–Kier alpha value is -1.73. The lowest BCUT2D eigenvalue weighted by atomic mass is 10.2. The molecule has 3 rings (SSSR count). The van der Waals surface area contributed by atoms with E-state index in [1.807, 2.05) is 12.1 Å². The van der Waals surface area contributed by atoms with Gasteiger partial charge in [0.05, 0.1) is 6.19 Å². The summed E-state index contributed by atoms with van der Waals surface area (Å²) >= 11 is 6.15. The van der Waals surface area contributed by atoms with Crippen molar-refractivity contribution in [3.63, 3.8) is 0 Å². The van der Waals surface area contributed by atoms with E-state index in [9.17, 15) is 0 Å². The van der Waals surface area contributed by atoms with Crippen molar-refractivity contribution >= 4 is 28.6 Å². The molecule has 0 saturated heterocycles. The van der Waals surface area contributed by atoms with Crippen LogP contribution in [-0.4, -0.2) is 6.54 Å². The fourth-order valence-corrected chi connectivity index (χ4v) is 5.89. The molecule has 3 aromatic carbocycles. The molecule has 0 radical (unpaired) electrons. The molecule has 0 aliphatic heterocycles. The van der Waals surface area contributed by atoms with E-state index in [0.717, 1.165) is 13.0 Å². The van der Waals surface area contributed by atoms with Crippen LogP contribution in [0.15, 0.2) is 91.0 Å². The number of hydrogen-bond donors (Lipinski definition) is 1. The Bertz CT molecular complexity index is 729. The highest BCUT2D eigenvalue weighted by Gasteiger charge is 2.20. The highest BCUT2D eigenvalue weighted by atomic mass is 32.4. The van der Waals surface area contributed by atoms with E-state index >= 15 is 0 Å². The molecule has 0 aliphatic rings. The molecular formula is C20H20NPS.